The number of nitrogens with two attached hydrogens (primary N) is 1. The van der Waals surface area contributed by atoms with Crippen molar-refractivity contribution >= 4 is 26.7 Å². The van der Waals surface area contributed by atoms with E-state index in [1.165, 1.54) is 11.3 Å². The van der Waals surface area contributed by atoms with Gasteiger partial charge in [0.15, 0.2) is 11.0 Å². The van der Waals surface area contributed by atoms with E-state index >= 15 is 0 Å². The molecule has 0 radical (unpaired) electrons. The number of hydrogen-bond donors (Lipinski definition) is 1. The van der Waals surface area contributed by atoms with Gasteiger partial charge in [-0.15, -0.1) is 0 Å². The van der Waals surface area contributed by atoms with Crippen LogP contribution in [0.3, 0.4) is 0 Å². The van der Waals surface area contributed by atoms with Crippen molar-refractivity contribution in [1.29, 1.82) is 0 Å². The first-order valence-corrected chi connectivity index (χ1v) is 6.96. The van der Waals surface area contributed by atoms with Crippen molar-refractivity contribution in [1.82, 2.24) is 15.1 Å². The molecule has 1 aliphatic rings. The number of nitrogen functional groups attached to an aromatic ring is 1. The molecule has 1 aromatic carbocycles. The molecule has 0 aliphatic heterocycles. The van der Waals surface area contributed by atoms with Gasteiger partial charge < -0.3 is 10.3 Å². The quantitative estimate of drug-likeness (QED) is 0.776. The summed E-state index contributed by atoms with van der Waals surface area (Å²) >= 11 is 1.46. The number of aromatic nitrogens is 3. The van der Waals surface area contributed by atoms with Gasteiger partial charge in [-0.1, -0.05) is 23.4 Å². The topological polar surface area (TPSA) is 77.8 Å². The highest BCUT2D eigenvalue weighted by molar-refractivity contribution is 7.22. The number of benzene rings is 1. The maximum absolute atomic E-state index is 5.70. The number of hydrogen-bond acceptors (Lipinski definition) is 6. The molecule has 6 heteroatoms. The Balaban J connectivity index is 1.78. The number of nitrogens with zero attached hydrogens (tertiary/aromatic N) is 3. The summed E-state index contributed by atoms with van der Waals surface area (Å²) in [5.74, 6) is 1.38. The molecule has 0 atom stereocenters. The van der Waals surface area contributed by atoms with Crippen LogP contribution in [0.1, 0.15) is 25.6 Å². The van der Waals surface area contributed by atoms with E-state index in [-0.39, 0.29) is 5.41 Å². The first-order chi connectivity index (χ1) is 9.14. The van der Waals surface area contributed by atoms with Crippen LogP contribution in [0.4, 0.5) is 5.13 Å². The van der Waals surface area contributed by atoms with E-state index in [0.29, 0.717) is 11.0 Å². The van der Waals surface area contributed by atoms with Gasteiger partial charge >= 0.3 is 0 Å². The Morgan fingerprint density at radius 2 is 2.16 bits per heavy atom. The van der Waals surface area contributed by atoms with Gasteiger partial charge in [0, 0.05) is 11.0 Å². The Kier molecular flexibility index (Phi) is 2.04. The van der Waals surface area contributed by atoms with Gasteiger partial charge in [-0.25, -0.2) is 4.98 Å². The van der Waals surface area contributed by atoms with E-state index in [4.69, 9.17) is 10.3 Å². The number of fused-ring (bicyclic) bond motifs is 1. The van der Waals surface area contributed by atoms with E-state index in [1.807, 2.05) is 18.2 Å². The second-order valence-electron chi connectivity index (χ2n) is 5.22. The predicted molar refractivity (Wildman–Crippen MR) is 73.9 cm³/mol. The summed E-state index contributed by atoms with van der Waals surface area (Å²) in [7, 11) is 0. The second kappa shape index (κ2) is 3.54. The van der Waals surface area contributed by atoms with E-state index in [0.717, 1.165) is 34.4 Å². The Labute approximate surface area is 113 Å². The van der Waals surface area contributed by atoms with Crippen LogP contribution in [0.15, 0.2) is 22.7 Å². The molecule has 1 aliphatic carbocycles. The maximum atomic E-state index is 5.70. The van der Waals surface area contributed by atoms with Crippen molar-refractivity contribution in [3.05, 3.63) is 24.0 Å². The maximum Gasteiger partial charge on any atom is 0.257 e. The third-order valence-electron chi connectivity index (χ3n) is 3.62. The highest BCUT2D eigenvalue weighted by Gasteiger charge is 2.43. The Morgan fingerprint density at radius 3 is 2.95 bits per heavy atom. The zero-order chi connectivity index (χ0) is 13.0. The first kappa shape index (κ1) is 10.9. The van der Waals surface area contributed by atoms with Crippen LogP contribution in [0.2, 0.25) is 0 Å². The van der Waals surface area contributed by atoms with E-state index in [9.17, 15) is 0 Å². The minimum Gasteiger partial charge on any atom is -0.375 e. The fraction of sp³-hybridized carbons (Fsp3) is 0.308. The van der Waals surface area contributed by atoms with Crippen molar-refractivity contribution in [2.45, 2.75) is 25.2 Å². The second-order valence-corrected chi connectivity index (χ2v) is 6.28. The minimum atomic E-state index is 0.126. The molecular formula is C13H12N4OS. The van der Waals surface area contributed by atoms with Crippen LogP contribution in [0.5, 0.6) is 0 Å². The minimum absolute atomic E-state index is 0.126. The molecule has 2 N–H and O–H groups in total. The van der Waals surface area contributed by atoms with E-state index in [1.54, 1.807) is 0 Å². The molecular weight excluding hydrogens is 260 g/mol. The molecule has 5 nitrogen and oxygen atoms in total. The molecule has 0 unspecified atom stereocenters. The van der Waals surface area contributed by atoms with Gasteiger partial charge in [-0.05, 0) is 31.0 Å². The van der Waals surface area contributed by atoms with E-state index < -0.39 is 0 Å². The zero-order valence-electron chi connectivity index (χ0n) is 10.4. The van der Waals surface area contributed by atoms with Gasteiger partial charge in [0.05, 0.1) is 10.2 Å². The molecule has 2 heterocycles. The molecule has 1 saturated carbocycles. The molecule has 0 amide bonds. The van der Waals surface area contributed by atoms with Crippen LogP contribution in [0, 0.1) is 0 Å². The van der Waals surface area contributed by atoms with Crippen molar-refractivity contribution in [2.24, 2.45) is 0 Å². The van der Waals surface area contributed by atoms with E-state index in [2.05, 4.69) is 22.0 Å². The average Bonchev–Trinajstić information content (AvgIpc) is 2.85. The SMILES string of the molecule is CC1(c2noc(-c3ccc4nc(N)sc4c3)n2)CC1. The van der Waals surface area contributed by atoms with Crippen LogP contribution in [-0.4, -0.2) is 15.1 Å². The van der Waals surface area contributed by atoms with Gasteiger partial charge in [0.1, 0.15) is 0 Å². The van der Waals surface area contributed by atoms with Crippen molar-refractivity contribution in [3.63, 3.8) is 0 Å². The summed E-state index contributed by atoms with van der Waals surface area (Å²) in [6.45, 7) is 2.16. The first-order valence-electron chi connectivity index (χ1n) is 6.15. The average molecular weight is 272 g/mol. The number of anilines is 1. The molecule has 96 valence electrons. The lowest BCUT2D eigenvalue weighted by Gasteiger charge is -1.97. The molecule has 0 spiro atoms. The molecule has 0 bridgehead atoms. The van der Waals surface area contributed by atoms with Gasteiger partial charge in [-0.2, -0.15) is 4.98 Å². The lowest BCUT2D eigenvalue weighted by molar-refractivity contribution is 0.416. The highest BCUT2D eigenvalue weighted by Crippen LogP contribution is 2.46. The van der Waals surface area contributed by atoms with Crippen LogP contribution in [0.25, 0.3) is 21.7 Å². The zero-order valence-corrected chi connectivity index (χ0v) is 11.2. The van der Waals surface area contributed by atoms with Crippen molar-refractivity contribution in [2.75, 3.05) is 5.73 Å². The fourth-order valence-corrected chi connectivity index (χ4v) is 2.85. The predicted octanol–water partition coefficient (Wildman–Crippen LogP) is 2.98. The Hall–Kier alpha value is -1.95. The molecule has 2 aromatic heterocycles. The number of rotatable bonds is 2. The smallest absolute Gasteiger partial charge is 0.257 e. The lowest BCUT2D eigenvalue weighted by Crippen LogP contribution is -2.01. The molecule has 4 rings (SSSR count). The summed E-state index contributed by atoms with van der Waals surface area (Å²) in [5, 5.41) is 4.66. The van der Waals surface area contributed by atoms with Crippen LogP contribution >= 0.6 is 11.3 Å². The van der Waals surface area contributed by atoms with Gasteiger partial charge in [0.25, 0.3) is 5.89 Å². The third kappa shape index (κ3) is 1.71. The summed E-state index contributed by atoms with van der Waals surface area (Å²) in [6.07, 6.45) is 2.27. The summed E-state index contributed by atoms with van der Waals surface area (Å²) in [4.78, 5) is 8.74. The number of thiazole rings is 1. The molecule has 3 aromatic rings. The van der Waals surface area contributed by atoms with Crippen LogP contribution < -0.4 is 5.73 Å². The van der Waals surface area contributed by atoms with Gasteiger partial charge in [-0.3, -0.25) is 0 Å². The third-order valence-corrected chi connectivity index (χ3v) is 4.47. The monoisotopic (exact) mass is 272 g/mol. The Morgan fingerprint density at radius 1 is 1.32 bits per heavy atom. The largest absolute Gasteiger partial charge is 0.375 e. The molecule has 19 heavy (non-hydrogen) atoms. The van der Waals surface area contributed by atoms with Crippen LogP contribution in [-0.2, 0) is 5.41 Å². The standard InChI is InChI=1S/C13H12N4OS/c1-13(4-5-13)11-16-10(18-17-11)7-2-3-8-9(6-7)19-12(14)15-8/h2-3,6H,4-5H2,1H3,(H2,14,15). The highest BCUT2D eigenvalue weighted by atomic mass is 32.1. The molecule has 1 fully saturated rings. The Bertz CT molecular complexity index is 772. The lowest BCUT2D eigenvalue weighted by atomic mass is 10.1. The molecule has 0 saturated heterocycles. The van der Waals surface area contributed by atoms with Gasteiger partial charge in [0.2, 0.25) is 0 Å². The summed E-state index contributed by atoms with van der Waals surface area (Å²) in [6, 6.07) is 5.87. The fourth-order valence-electron chi connectivity index (χ4n) is 2.07. The normalized spacial score (nSPS) is 16.9. The van der Waals surface area contributed by atoms with Crippen molar-refractivity contribution < 1.29 is 4.52 Å². The summed E-state index contributed by atoms with van der Waals surface area (Å²) in [5.41, 5.74) is 7.65. The summed E-state index contributed by atoms with van der Waals surface area (Å²) < 4.78 is 6.40. The van der Waals surface area contributed by atoms with Crippen molar-refractivity contribution in [3.8, 4) is 11.5 Å².